The molecule has 93 heavy (non-hydrogen) atoms. The Balaban J connectivity index is 0.720. The van der Waals surface area contributed by atoms with Crippen LogP contribution >= 0.6 is 0 Å². The monoisotopic (exact) mass is 1260 g/mol. The van der Waals surface area contributed by atoms with Crippen LogP contribution in [0.5, 0.6) is 34.5 Å². The minimum atomic E-state index is -4.32. The lowest BCUT2D eigenvalue weighted by Gasteiger charge is -2.54. The molecule has 1 fully saturated rings. The second-order valence-electron chi connectivity index (χ2n) is 25.5. The molecule has 1 saturated carbocycles. The quantitative estimate of drug-likeness (QED) is 0.0591. The van der Waals surface area contributed by atoms with E-state index in [1.807, 2.05) is 100 Å². The van der Waals surface area contributed by atoms with Crippen LogP contribution in [0.4, 0.5) is 5.69 Å². The third-order valence-corrected chi connectivity index (χ3v) is 22.7. The number of rotatable bonds is 22. The minimum Gasteiger partial charge on any atom is -0.457 e. The zero-order chi connectivity index (χ0) is 65.8. The number of anilines is 1. The van der Waals surface area contributed by atoms with E-state index in [0.717, 1.165) is 54.6 Å². The Morgan fingerprint density at radius 2 is 0.806 bits per heavy atom. The van der Waals surface area contributed by atoms with Crippen molar-refractivity contribution in [2.75, 3.05) is 4.90 Å². The molecule has 0 N–H and O–H groups in total. The van der Waals surface area contributed by atoms with Crippen LogP contribution in [-0.4, -0.2) is 64.7 Å². The third kappa shape index (κ3) is 10.6. The molecule has 0 atom stereocenters. The second-order valence-corrected chi connectivity index (χ2v) is 27.4. The lowest BCUT2D eigenvalue weighted by Crippen LogP contribution is -2.63. The van der Waals surface area contributed by atoms with Crippen molar-refractivity contribution in [2.24, 2.45) is 5.92 Å². The molecule has 14 nitrogen and oxygen atoms in total. The molecular weight excluding hydrogens is 1190 g/mol. The Morgan fingerprint density at radius 1 is 0.387 bits per heavy atom. The normalized spacial score (nSPS) is 15.5. The van der Waals surface area contributed by atoms with E-state index in [9.17, 15) is 37.2 Å². The molecule has 4 aliphatic rings. The molecule has 0 bridgehead atoms. The molecule has 3 heterocycles. The number of hydrogen-bond acceptors (Lipinski definition) is 11. The van der Waals surface area contributed by atoms with Crippen LogP contribution in [0.1, 0.15) is 205 Å². The number of sulfone groups is 1. The van der Waals surface area contributed by atoms with Gasteiger partial charge in [-0.05, 0) is 195 Å². The van der Waals surface area contributed by atoms with Gasteiger partial charge in [-0.15, -0.1) is 0 Å². The third-order valence-electron chi connectivity index (χ3n) is 21.0. The van der Waals surface area contributed by atoms with Gasteiger partial charge in [0.15, 0.2) is 0 Å². The van der Waals surface area contributed by atoms with Crippen molar-refractivity contribution >= 4 is 51.0 Å². The van der Waals surface area contributed by atoms with E-state index in [2.05, 4.69) is 27.7 Å². The standard InChI is InChI=1S/C78H77N3O11S/c1-9-76(10-2,78(13-5,14-6)81-72(85)65-44-41-59(49-68(65)74(81)87)90-55-27-19-16-20-28-55)53-25-21-29-61(45-53)93(88,89)62-30-22-26-54(46-62)79-69(82)63-42-39-58(47-66(63)70(79)83)91-56-35-31-50(32-36-56)75(7,8)51-33-37-57(38-34-51)92-60-40-43-64-67(48-60)73(86)80(71(64)84)77(11-3,12-4)52-23-17-15-18-24-52/h16,19-22,25-49,52H,9-15,17-18,23-24H2,1-8H3. The Kier molecular flexibility index (Phi) is 17.0. The fourth-order valence-electron chi connectivity index (χ4n) is 15.7. The SMILES string of the molecule is CCC(CC)(C1CCCCC1)N1C(=O)c2ccc(Oc3ccc(C(C)(C)c4ccc(Oc5ccc6c(c5)C(=O)N(c5cccc(S(=O)(=O)c7cccc(C(CC)(CC)C(CC)(CC)N8C(=O)c9ccc(Oc%10ccccc%10)cc9C8=O)c7)c5)C6=O)cc4)cc3)cc2C1=O. The molecule has 1 aliphatic carbocycles. The van der Waals surface area contributed by atoms with E-state index in [1.54, 1.807) is 71.6 Å². The largest absolute Gasteiger partial charge is 0.457 e. The van der Waals surface area contributed by atoms with E-state index >= 15 is 0 Å². The highest BCUT2D eigenvalue weighted by molar-refractivity contribution is 7.91. The van der Waals surface area contributed by atoms with Crippen LogP contribution in [-0.2, 0) is 20.7 Å². The van der Waals surface area contributed by atoms with E-state index < -0.39 is 55.4 Å². The smallest absolute Gasteiger partial charge is 0.266 e. The maximum atomic E-state index is 14.9. The molecule has 0 saturated heterocycles. The van der Waals surface area contributed by atoms with Gasteiger partial charge in [0, 0.05) is 10.8 Å². The van der Waals surface area contributed by atoms with Crippen molar-refractivity contribution in [1.82, 2.24) is 9.80 Å². The summed E-state index contributed by atoms with van der Waals surface area (Å²) in [7, 11) is -4.32. The number of benzene rings is 8. The molecule has 0 spiro atoms. The Hall–Kier alpha value is -9.47. The summed E-state index contributed by atoms with van der Waals surface area (Å²) < 4.78 is 48.4. The number of hydrogen-bond donors (Lipinski definition) is 0. The van der Waals surface area contributed by atoms with E-state index in [-0.39, 0.29) is 55.5 Å². The average Bonchev–Trinajstić information content (AvgIpc) is 1.68. The molecule has 3 aliphatic heterocycles. The van der Waals surface area contributed by atoms with Crippen molar-refractivity contribution in [3.05, 3.63) is 232 Å². The summed E-state index contributed by atoms with van der Waals surface area (Å²) in [5.41, 5.74) is 1.30. The highest BCUT2D eigenvalue weighted by atomic mass is 32.2. The number of fused-ring (bicyclic) bond motifs is 3. The molecule has 8 aromatic carbocycles. The lowest BCUT2D eigenvalue weighted by atomic mass is 9.58. The predicted molar refractivity (Wildman–Crippen MR) is 357 cm³/mol. The van der Waals surface area contributed by atoms with Crippen molar-refractivity contribution in [1.29, 1.82) is 0 Å². The van der Waals surface area contributed by atoms with E-state index in [1.165, 1.54) is 53.8 Å². The first kappa shape index (κ1) is 63.7. The van der Waals surface area contributed by atoms with Gasteiger partial charge in [0.2, 0.25) is 9.84 Å². The number of ether oxygens (including phenoxy) is 3. The molecule has 0 radical (unpaired) electrons. The maximum absolute atomic E-state index is 14.9. The summed E-state index contributed by atoms with van der Waals surface area (Å²) in [6.45, 7) is 16.3. The first-order valence-electron chi connectivity index (χ1n) is 32.6. The number of amides is 6. The highest BCUT2D eigenvalue weighted by Gasteiger charge is 2.58. The van der Waals surface area contributed by atoms with Gasteiger partial charge in [0.05, 0.1) is 59.9 Å². The second kappa shape index (κ2) is 24.9. The van der Waals surface area contributed by atoms with Crippen molar-refractivity contribution in [2.45, 2.75) is 158 Å². The Labute approximate surface area is 544 Å². The number of nitrogens with zero attached hydrogens (tertiary/aromatic N) is 3. The molecule has 6 amide bonds. The molecule has 15 heteroatoms. The molecule has 0 unspecified atom stereocenters. The van der Waals surface area contributed by atoms with E-state index in [4.69, 9.17) is 14.2 Å². The van der Waals surface area contributed by atoms with Crippen molar-refractivity contribution in [3.8, 4) is 34.5 Å². The van der Waals surface area contributed by atoms with Crippen LogP contribution in [0.15, 0.2) is 192 Å². The van der Waals surface area contributed by atoms with Crippen LogP contribution in [0, 0.1) is 5.92 Å². The summed E-state index contributed by atoms with van der Waals surface area (Å²) in [6.07, 6.45) is 8.60. The zero-order valence-corrected chi connectivity index (χ0v) is 54.7. The lowest BCUT2D eigenvalue weighted by molar-refractivity contribution is 0.00847. The van der Waals surface area contributed by atoms with Crippen molar-refractivity contribution < 1.29 is 51.4 Å². The van der Waals surface area contributed by atoms with Gasteiger partial charge in [-0.2, -0.15) is 0 Å². The number of para-hydroxylation sites is 1. The Bertz CT molecular complexity index is 4390. The molecule has 0 aromatic heterocycles. The number of carbonyl (C=O) groups excluding carboxylic acids is 6. The average molecular weight is 1260 g/mol. The predicted octanol–water partition coefficient (Wildman–Crippen LogP) is 17.7. The van der Waals surface area contributed by atoms with Gasteiger partial charge in [0.25, 0.3) is 35.4 Å². The molecule has 476 valence electrons. The fourth-order valence-corrected chi connectivity index (χ4v) is 17.1. The van der Waals surface area contributed by atoms with Gasteiger partial charge < -0.3 is 14.2 Å². The van der Waals surface area contributed by atoms with E-state index in [0.29, 0.717) is 76.9 Å². The number of carbonyl (C=O) groups is 6. The first-order valence-corrected chi connectivity index (χ1v) is 34.1. The zero-order valence-electron chi connectivity index (χ0n) is 53.9. The Morgan fingerprint density at radius 3 is 1.30 bits per heavy atom. The summed E-state index contributed by atoms with van der Waals surface area (Å²) in [4.78, 5) is 89.6. The van der Waals surface area contributed by atoms with Gasteiger partial charge in [-0.1, -0.05) is 135 Å². The summed E-state index contributed by atoms with van der Waals surface area (Å²) in [5, 5.41) is 0. The van der Waals surface area contributed by atoms with Crippen LogP contribution < -0.4 is 19.1 Å². The highest BCUT2D eigenvalue weighted by Crippen LogP contribution is 2.53. The van der Waals surface area contributed by atoms with Gasteiger partial charge in [-0.25, -0.2) is 13.3 Å². The summed E-state index contributed by atoms with van der Waals surface area (Å²) in [6, 6.07) is 51.8. The van der Waals surface area contributed by atoms with Gasteiger partial charge in [0.1, 0.15) is 34.5 Å². The van der Waals surface area contributed by atoms with Crippen LogP contribution in [0.2, 0.25) is 0 Å². The maximum Gasteiger partial charge on any atom is 0.266 e. The summed E-state index contributed by atoms with van der Waals surface area (Å²) >= 11 is 0. The van der Waals surface area contributed by atoms with Crippen LogP contribution in [0.25, 0.3) is 0 Å². The first-order chi connectivity index (χ1) is 44.7. The van der Waals surface area contributed by atoms with Gasteiger partial charge in [-0.3, -0.25) is 38.6 Å². The minimum absolute atomic E-state index is 0.0328. The molecule has 8 aromatic rings. The molecular formula is C78H77N3O11S. The van der Waals surface area contributed by atoms with Crippen molar-refractivity contribution in [3.63, 3.8) is 0 Å². The van der Waals surface area contributed by atoms with Gasteiger partial charge >= 0.3 is 0 Å². The van der Waals surface area contributed by atoms with Crippen LogP contribution in [0.3, 0.4) is 0 Å². The molecule has 12 rings (SSSR count). The topological polar surface area (TPSA) is 174 Å². The summed E-state index contributed by atoms with van der Waals surface area (Å²) in [5.74, 6) is 0.557. The number of imide groups is 3. The fraction of sp³-hybridized carbons (Fsp3) is 0.308.